The molecule has 0 unspecified atom stereocenters. The first-order valence-corrected chi connectivity index (χ1v) is 14.8. The fourth-order valence-corrected chi connectivity index (χ4v) is 6.53. The molecule has 39 heavy (non-hydrogen) atoms. The van der Waals surface area contributed by atoms with E-state index < -0.39 is 10.0 Å². The molecule has 10 heteroatoms. The van der Waals surface area contributed by atoms with Gasteiger partial charge < -0.3 is 20.5 Å². The Morgan fingerprint density at radius 3 is 2.36 bits per heavy atom. The second kappa shape index (κ2) is 12.1. The number of aromatic nitrogens is 2. The van der Waals surface area contributed by atoms with E-state index in [9.17, 15) is 8.42 Å². The predicted molar refractivity (Wildman–Crippen MR) is 154 cm³/mol. The number of benzene rings is 3. The van der Waals surface area contributed by atoms with Gasteiger partial charge in [-0.25, -0.2) is 18.1 Å². The van der Waals surface area contributed by atoms with Crippen molar-refractivity contribution in [2.24, 2.45) is 11.8 Å². The first kappa shape index (κ1) is 27.1. The third-order valence-corrected chi connectivity index (χ3v) is 8.86. The lowest BCUT2D eigenvalue weighted by molar-refractivity contribution is 0.147. The molecule has 1 aromatic heterocycles. The summed E-state index contributed by atoms with van der Waals surface area (Å²) in [4.78, 5) is 9.45. The summed E-state index contributed by atoms with van der Waals surface area (Å²) in [5.74, 6) is 2.29. The molecule has 4 N–H and O–H groups in total. The largest absolute Gasteiger partial charge is 0.489 e. The molecule has 1 aliphatic carbocycles. The van der Waals surface area contributed by atoms with Gasteiger partial charge in [0.25, 0.3) is 0 Å². The lowest BCUT2D eigenvalue weighted by atomic mass is 9.82. The Kier molecular flexibility index (Phi) is 8.44. The van der Waals surface area contributed by atoms with Gasteiger partial charge >= 0.3 is 0 Å². The zero-order chi connectivity index (χ0) is 27.2. The molecule has 9 nitrogen and oxygen atoms in total. The van der Waals surface area contributed by atoms with Crippen LogP contribution in [0.1, 0.15) is 25.7 Å². The highest BCUT2D eigenvalue weighted by atomic mass is 32.2. The van der Waals surface area contributed by atoms with Crippen LogP contribution < -0.4 is 20.5 Å². The van der Waals surface area contributed by atoms with Crippen molar-refractivity contribution < 1.29 is 17.9 Å². The van der Waals surface area contributed by atoms with Crippen molar-refractivity contribution in [3.63, 3.8) is 0 Å². The van der Waals surface area contributed by atoms with Gasteiger partial charge in [0, 0.05) is 31.0 Å². The van der Waals surface area contributed by atoms with Gasteiger partial charge in [0.2, 0.25) is 16.0 Å². The number of nitrogens with zero attached hydrogens (tertiary/aromatic N) is 2. The van der Waals surface area contributed by atoms with Gasteiger partial charge in [-0.2, -0.15) is 4.98 Å². The van der Waals surface area contributed by atoms with E-state index >= 15 is 0 Å². The minimum atomic E-state index is -3.59. The molecule has 3 aromatic carbocycles. The zero-order valence-corrected chi connectivity index (χ0v) is 22.9. The maximum absolute atomic E-state index is 13.1. The average Bonchev–Trinajstić information content (AvgIpc) is 2.96. The summed E-state index contributed by atoms with van der Waals surface area (Å²) in [6.07, 6.45) is 3.93. The van der Waals surface area contributed by atoms with Gasteiger partial charge in [-0.05, 0) is 61.1 Å². The fraction of sp³-hybridized carbons (Fsp3) is 0.379. The number of hydrogen-bond acceptors (Lipinski definition) is 8. The van der Waals surface area contributed by atoms with Gasteiger partial charge in [-0.3, -0.25) is 0 Å². The van der Waals surface area contributed by atoms with Crippen LogP contribution >= 0.6 is 0 Å². The molecule has 1 heterocycles. The van der Waals surface area contributed by atoms with Crippen molar-refractivity contribution in [2.75, 3.05) is 44.5 Å². The molecule has 5 rings (SSSR count). The Balaban J connectivity index is 1.15. The lowest BCUT2D eigenvalue weighted by Gasteiger charge is -2.28. The van der Waals surface area contributed by atoms with E-state index in [0.717, 1.165) is 48.4 Å². The molecule has 0 spiro atoms. The molecular weight excluding hydrogens is 514 g/mol. The highest BCUT2D eigenvalue weighted by Gasteiger charge is 2.24. The highest BCUT2D eigenvalue weighted by Crippen LogP contribution is 2.31. The maximum atomic E-state index is 13.1. The number of hydrogen-bond donors (Lipinski definition) is 3. The monoisotopic (exact) mass is 549 g/mol. The van der Waals surface area contributed by atoms with E-state index in [1.54, 1.807) is 19.2 Å². The second-order valence-corrected chi connectivity index (χ2v) is 11.8. The maximum Gasteiger partial charge on any atom is 0.241 e. The standard InChI is InChI=1S/C29H35N5O4S/c1-37-16-17-38-25-10-5-9-24-27(25)33-29(34-28(24)30)31-18-20-12-14-21(15-13-20)19-32-39(35,36)26-11-4-7-22-6-2-3-8-23(22)26/h2-11,20-21,32H,12-19H2,1H3,(H3,30,31,33,34). The topological polar surface area (TPSA) is 128 Å². The van der Waals surface area contributed by atoms with Crippen molar-refractivity contribution in [2.45, 2.75) is 30.6 Å². The number of nitrogens with two attached hydrogens (primary N) is 1. The normalized spacial score (nSPS) is 17.9. The van der Waals surface area contributed by atoms with Crippen LogP contribution in [0, 0.1) is 11.8 Å². The van der Waals surface area contributed by atoms with Crippen LogP contribution in [0.3, 0.4) is 0 Å². The minimum absolute atomic E-state index is 0.311. The van der Waals surface area contributed by atoms with Crippen molar-refractivity contribution in [3.8, 4) is 5.75 Å². The fourth-order valence-electron chi connectivity index (χ4n) is 5.19. The smallest absolute Gasteiger partial charge is 0.241 e. The first-order valence-electron chi connectivity index (χ1n) is 13.3. The Bertz CT molecular complexity index is 1530. The summed E-state index contributed by atoms with van der Waals surface area (Å²) in [5.41, 5.74) is 6.89. The molecule has 0 amide bonds. The average molecular weight is 550 g/mol. The number of sulfonamides is 1. The molecule has 0 bridgehead atoms. The lowest BCUT2D eigenvalue weighted by Crippen LogP contribution is -2.32. The number of rotatable bonds is 11. The minimum Gasteiger partial charge on any atom is -0.489 e. The molecule has 1 aliphatic rings. The van der Waals surface area contributed by atoms with E-state index in [-0.39, 0.29) is 0 Å². The van der Waals surface area contributed by atoms with Crippen LogP contribution in [0.2, 0.25) is 0 Å². The van der Waals surface area contributed by atoms with E-state index in [4.69, 9.17) is 15.2 Å². The zero-order valence-electron chi connectivity index (χ0n) is 22.1. The molecule has 0 atom stereocenters. The summed E-state index contributed by atoms with van der Waals surface area (Å²) >= 11 is 0. The summed E-state index contributed by atoms with van der Waals surface area (Å²) in [6.45, 7) is 2.08. The number of fused-ring (bicyclic) bond motifs is 2. The second-order valence-electron chi connectivity index (χ2n) is 10.0. The van der Waals surface area contributed by atoms with Gasteiger partial charge in [0.15, 0.2) is 0 Å². The molecule has 4 aromatic rings. The Labute approximate surface area is 229 Å². The van der Waals surface area contributed by atoms with Crippen LogP contribution in [-0.2, 0) is 14.8 Å². The summed E-state index contributed by atoms with van der Waals surface area (Å²) in [5, 5.41) is 5.77. The number of ether oxygens (including phenoxy) is 2. The predicted octanol–water partition coefficient (Wildman–Crippen LogP) is 4.59. The van der Waals surface area contributed by atoms with E-state index in [1.807, 2.05) is 48.5 Å². The molecule has 1 fully saturated rings. The highest BCUT2D eigenvalue weighted by molar-refractivity contribution is 7.89. The summed E-state index contributed by atoms with van der Waals surface area (Å²) in [6, 6.07) is 18.6. The molecular formula is C29H35N5O4S. The van der Waals surface area contributed by atoms with E-state index in [1.165, 1.54) is 0 Å². The van der Waals surface area contributed by atoms with Crippen molar-refractivity contribution in [3.05, 3.63) is 60.7 Å². The molecule has 1 saturated carbocycles. The van der Waals surface area contributed by atoms with Crippen molar-refractivity contribution >= 4 is 43.5 Å². The summed E-state index contributed by atoms with van der Waals surface area (Å²) < 4.78 is 39.9. The van der Waals surface area contributed by atoms with Crippen LogP contribution in [0.25, 0.3) is 21.7 Å². The number of nitrogens with one attached hydrogen (secondary N) is 2. The van der Waals surface area contributed by atoms with Crippen LogP contribution in [0.15, 0.2) is 65.6 Å². The molecule has 0 aliphatic heterocycles. The van der Waals surface area contributed by atoms with Crippen molar-refractivity contribution in [1.82, 2.24) is 14.7 Å². The summed E-state index contributed by atoms with van der Waals surface area (Å²) in [7, 11) is -1.96. The van der Waals surface area contributed by atoms with E-state index in [0.29, 0.717) is 59.5 Å². The molecule has 206 valence electrons. The quantitative estimate of drug-likeness (QED) is 0.232. The van der Waals surface area contributed by atoms with E-state index in [2.05, 4.69) is 20.0 Å². The molecule has 0 saturated heterocycles. The number of methoxy groups -OCH3 is 1. The van der Waals surface area contributed by atoms with Gasteiger partial charge in [-0.1, -0.05) is 42.5 Å². The Morgan fingerprint density at radius 1 is 0.872 bits per heavy atom. The number of anilines is 2. The Hall–Kier alpha value is -3.47. The number of para-hydroxylation sites is 1. The SMILES string of the molecule is COCCOc1cccc2c(N)nc(NCC3CCC(CNS(=O)(=O)c4cccc5ccccc45)CC3)nc12. The Morgan fingerprint density at radius 2 is 1.56 bits per heavy atom. The third-order valence-electron chi connectivity index (χ3n) is 7.38. The van der Waals surface area contributed by atoms with Crippen LogP contribution in [0.4, 0.5) is 11.8 Å². The first-order chi connectivity index (χ1) is 18.9. The van der Waals surface area contributed by atoms with Gasteiger partial charge in [0.1, 0.15) is 23.7 Å². The van der Waals surface area contributed by atoms with Gasteiger partial charge in [0.05, 0.1) is 11.5 Å². The van der Waals surface area contributed by atoms with Crippen molar-refractivity contribution in [1.29, 1.82) is 0 Å². The van der Waals surface area contributed by atoms with Crippen LogP contribution in [0.5, 0.6) is 5.75 Å². The van der Waals surface area contributed by atoms with Crippen LogP contribution in [-0.4, -0.2) is 51.8 Å². The third kappa shape index (κ3) is 6.41. The molecule has 0 radical (unpaired) electrons. The number of nitrogen functional groups attached to an aromatic ring is 1. The van der Waals surface area contributed by atoms with Gasteiger partial charge in [-0.15, -0.1) is 0 Å².